The van der Waals surface area contributed by atoms with Crippen LogP contribution in [-0.2, 0) is 0 Å². The fourth-order valence-corrected chi connectivity index (χ4v) is 3.05. The molecule has 2 rings (SSSR count). The molecule has 0 unspecified atom stereocenters. The van der Waals surface area contributed by atoms with Gasteiger partial charge in [-0.25, -0.2) is 0 Å². The lowest BCUT2D eigenvalue weighted by molar-refractivity contribution is 0.302. The average molecular weight is 375 g/mol. The number of nitrogens with zero attached hydrogens (tertiary/aromatic N) is 3. The molecule has 140 valence electrons. The summed E-state index contributed by atoms with van der Waals surface area (Å²) in [6, 6.07) is 7.52. The van der Waals surface area contributed by atoms with Gasteiger partial charge in [0.05, 0.1) is 5.69 Å². The molecule has 1 aromatic heterocycles. The number of H-pyrrole nitrogens is 1. The van der Waals surface area contributed by atoms with E-state index in [1.165, 1.54) is 10.8 Å². The number of rotatable bonds is 8. The Hall–Kier alpha value is -2.25. The molecule has 0 saturated carbocycles. The molecule has 1 aromatic carbocycles. The molecule has 0 aliphatic rings. The van der Waals surface area contributed by atoms with Gasteiger partial charge in [0.1, 0.15) is 5.56 Å². The van der Waals surface area contributed by atoms with Crippen molar-refractivity contribution in [2.45, 2.75) is 27.2 Å². The van der Waals surface area contributed by atoms with Crippen LogP contribution in [0, 0.1) is 11.7 Å². The third kappa shape index (κ3) is 4.68. The van der Waals surface area contributed by atoms with E-state index in [2.05, 4.69) is 28.7 Å². The second-order valence-corrected chi connectivity index (χ2v) is 6.42. The SMILES string of the molecule is CCN(CC)CCCN=Cc1c(O)n(-c2ccccc2C)c(=S)[nH]c1=O. The number of hydrogen-bond acceptors (Lipinski definition) is 5. The lowest BCUT2D eigenvalue weighted by Crippen LogP contribution is -2.24. The fraction of sp³-hybridized carbons (Fsp3) is 0.421. The summed E-state index contributed by atoms with van der Waals surface area (Å²) in [7, 11) is 0. The number of aliphatic imine (C=N–C) groups is 1. The number of aromatic amines is 1. The maximum absolute atomic E-state index is 12.2. The normalized spacial score (nSPS) is 11.5. The van der Waals surface area contributed by atoms with Crippen molar-refractivity contribution in [1.82, 2.24) is 14.5 Å². The zero-order valence-corrected chi connectivity index (χ0v) is 16.3. The van der Waals surface area contributed by atoms with Gasteiger partial charge in [-0.15, -0.1) is 0 Å². The van der Waals surface area contributed by atoms with Crippen LogP contribution in [0.15, 0.2) is 34.1 Å². The molecule has 0 fully saturated rings. The molecule has 0 bridgehead atoms. The Kier molecular flexibility index (Phi) is 7.29. The number of nitrogens with one attached hydrogen (secondary N) is 1. The highest BCUT2D eigenvalue weighted by molar-refractivity contribution is 7.71. The van der Waals surface area contributed by atoms with Crippen LogP contribution in [0.2, 0.25) is 0 Å². The van der Waals surface area contributed by atoms with Gasteiger partial charge in [0.25, 0.3) is 5.56 Å². The predicted molar refractivity (Wildman–Crippen MR) is 108 cm³/mol. The molecule has 0 amide bonds. The third-order valence-corrected chi connectivity index (χ3v) is 4.64. The van der Waals surface area contributed by atoms with Crippen molar-refractivity contribution in [2.75, 3.05) is 26.2 Å². The van der Waals surface area contributed by atoms with E-state index in [9.17, 15) is 9.90 Å². The quantitative estimate of drug-likeness (QED) is 0.423. The minimum Gasteiger partial charge on any atom is -0.494 e. The number of aromatic hydroxyl groups is 1. The van der Waals surface area contributed by atoms with E-state index in [0.29, 0.717) is 6.54 Å². The molecule has 0 atom stereocenters. The van der Waals surface area contributed by atoms with E-state index in [0.717, 1.165) is 37.3 Å². The summed E-state index contributed by atoms with van der Waals surface area (Å²) in [4.78, 5) is 21.4. The minimum atomic E-state index is -0.440. The zero-order valence-electron chi connectivity index (χ0n) is 15.5. The Morgan fingerprint density at radius 2 is 2.00 bits per heavy atom. The highest BCUT2D eigenvalue weighted by Crippen LogP contribution is 2.21. The van der Waals surface area contributed by atoms with Crippen LogP contribution >= 0.6 is 12.2 Å². The van der Waals surface area contributed by atoms with Crippen molar-refractivity contribution >= 4 is 18.4 Å². The van der Waals surface area contributed by atoms with Crippen LogP contribution in [0.3, 0.4) is 0 Å². The minimum absolute atomic E-state index is 0.115. The number of benzene rings is 1. The Bertz CT molecular complexity index is 882. The van der Waals surface area contributed by atoms with Gasteiger partial charge in [-0.05, 0) is 56.8 Å². The van der Waals surface area contributed by atoms with E-state index in [1.807, 2.05) is 31.2 Å². The van der Waals surface area contributed by atoms with Crippen molar-refractivity contribution in [2.24, 2.45) is 4.99 Å². The van der Waals surface area contributed by atoms with Gasteiger partial charge in [-0.2, -0.15) is 0 Å². The first-order valence-electron chi connectivity index (χ1n) is 8.86. The van der Waals surface area contributed by atoms with E-state index in [4.69, 9.17) is 12.2 Å². The third-order valence-electron chi connectivity index (χ3n) is 4.35. The first-order valence-corrected chi connectivity index (χ1v) is 9.26. The van der Waals surface area contributed by atoms with Crippen LogP contribution in [0.4, 0.5) is 0 Å². The Balaban J connectivity index is 2.26. The Morgan fingerprint density at radius 1 is 1.31 bits per heavy atom. The second-order valence-electron chi connectivity index (χ2n) is 6.03. The molecule has 1 heterocycles. The molecule has 6 nitrogen and oxygen atoms in total. The lowest BCUT2D eigenvalue weighted by Gasteiger charge is -2.16. The van der Waals surface area contributed by atoms with Crippen molar-refractivity contribution in [3.63, 3.8) is 0 Å². The highest BCUT2D eigenvalue weighted by Gasteiger charge is 2.13. The molecule has 0 saturated heterocycles. The number of aryl methyl sites for hydroxylation is 1. The van der Waals surface area contributed by atoms with Crippen molar-refractivity contribution < 1.29 is 5.11 Å². The van der Waals surface area contributed by atoms with Gasteiger partial charge >= 0.3 is 0 Å². The summed E-state index contributed by atoms with van der Waals surface area (Å²) in [5.74, 6) is -0.194. The first kappa shape index (κ1) is 20.1. The van der Waals surface area contributed by atoms with Crippen LogP contribution < -0.4 is 5.56 Å². The predicted octanol–water partition coefficient (Wildman–Crippen LogP) is 3.06. The standard InChI is InChI=1S/C19H26N4O2S/c1-4-22(5-2)12-8-11-20-13-15-17(24)21-19(26)23(18(15)25)16-10-7-6-9-14(16)3/h6-7,9-10,13,25H,4-5,8,11-12H2,1-3H3,(H,21,24,26). The van der Waals surface area contributed by atoms with Crippen molar-refractivity contribution in [3.05, 3.63) is 50.5 Å². The van der Waals surface area contributed by atoms with Crippen molar-refractivity contribution in [3.8, 4) is 11.6 Å². The molecule has 26 heavy (non-hydrogen) atoms. The van der Waals surface area contributed by atoms with Gasteiger partial charge in [-0.1, -0.05) is 32.0 Å². The number of para-hydroxylation sites is 1. The summed E-state index contributed by atoms with van der Waals surface area (Å²) in [5.41, 5.74) is 1.34. The van der Waals surface area contributed by atoms with E-state index in [1.54, 1.807) is 0 Å². The maximum Gasteiger partial charge on any atom is 0.264 e. The molecular formula is C19H26N4O2S. The van der Waals surface area contributed by atoms with Gasteiger partial charge in [-0.3, -0.25) is 19.3 Å². The molecule has 7 heteroatoms. The molecule has 0 aliphatic carbocycles. The van der Waals surface area contributed by atoms with Gasteiger partial charge < -0.3 is 10.0 Å². The number of aromatic nitrogens is 2. The fourth-order valence-electron chi connectivity index (χ4n) is 2.77. The molecule has 0 aliphatic heterocycles. The highest BCUT2D eigenvalue weighted by atomic mass is 32.1. The average Bonchev–Trinajstić information content (AvgIpc) is 2.62. The Labute approximate surface area is 158 Å². The lowest BCUT2D eigenvalue weighted by atomic mass is 10.2. The monoisotopic (exact) mass is 374 g/mol. The van der Waals surface area contributed by atoms with Crippen LogP contribution in [-0.4, -0.2) is 52.0 Å². The molecule has 0 spiro atoms. The van der Waals surface area contributed by atoms with Gasteiger partial charge in [0.2, 0.25) is 5.88 Å². The summed E-state index contributed by atoms with van der Waals surface area (Å²) < 4.78 is 1.61. The molecule has 0 radical (unpaired) electrons. The van der Waals surface area contributed by atoms with E-state index in [-0.39, 0.29) is 16.2 Å². The molecular weight excluding hydrogens is 348 g/mol. The van der Waals surface area contributed by atoms with E-state index >= 15 is 0 Å². The van der Waals surface area contributed by atoms with Crippen LogP contribution in [0.25, 0.3) is 5.69 Å². The zero-order chi connectivity index (χ0) is 19.1. The van der Waals surface area contributed by atoms with Gasteiger partial charge in [0, 0.05) is 12.8 Å². The summed E-state index contributed by atoms with van der Waals surface area (Å²) in [6.07, 6.45) is 2.33. The second kappa shape index (κ2) is 9.45. The summed E-state index contributed by atoms with van der Waals surface area (Å²) in [6.45, 7) is 9.75. The number of hydrogen-bond donors (Lipinski definition) is 2. The van der Waals surface area contributed by atoms with Crippen LogP contribution in [0.5, 0.6) is 5.88 Å². The molecule has 2 aromatic rings. The molecule has 2 N–H and O–H groups in total. The maximum atomic E-state index is 12.2. The van der Waals surface area contributed by atoms with Crippen molar-refractivity contribution in [1.29, 1.82) is 0 Å². The van der Waals surface area contributed by atoms with Gasteiger partial charge in [0.15, 0.2) is 4.77 Å². The summed E-state index contributed by atoms with van der Waals surface area (Å²) >= 11 is 5.24. The largest absolute Gasteiger partial charge is 0.494 e. The smallest absolute Gasteiger partial charge is 0.264 e. The van der Waals surface area contributed by atoms with E-state index < -0.39 is 5.56 Å². The first-order chi connectivity index (χ1) is 12.5. The van der Waals surface area contributed by atoms with Crippen LogP contribution in [0.1, 0.15) is 31.4 Å². The Morgan fingerprint density at radius 3 is 2.65 bits per heavy atom. The summed E-state index contributed by atoms with van der Waals surface area (Å²) in [5, 5.41) is 10.6. The topological polar surface area (TPSA) is 73.6 Å².